The maximum atomic E-state index is 5.92. The van der Waals surface area contributed by atoms with Crippen molar-refractivity contribution in [2.75, 3.05) is 5.75 Å². The highest BCUT2D eigenvalue weighted by Crippen LogP contribution is 2.29. The minimum Gasteiger partial charge on any atom is -0.489 e. The van der Waals surface area contributed by atoms with Crippen LogP contribution in [0.25, 0.3) is 11.4 Å². The molecule has 0 atom stereocenters. The van der Waals surface area contributed by atoms with Crippen LogP contribution in [0.4, 0.5) is 0 Å². The summed E-state index contributed by atoms with van der Waals surface area (Å²) in [7, 11) is 0. The molecule has 0 unspecified atom stereocenters. The maximum Gasteiger partial charge on any atom is 0.212 e. The van der Waals surface area contributed by atoms with Crippen LogP contribution in [0.2, 0.25) is 5.02 Å². The summed E-state index contributed by atoms with van der Waals surface area (Å²) in [5, 5.41) is 15.0. The molecule has 0 N–H and O–H groups in total. The van der Waals surface area contributed by atoms with Crippen LogP contribution < -0.4 is 4.74 Å². The zero-order valence-corrected chi connectivity index (χ0v) is 17.5. The van der Waals surface area contributed by atoms with Gasteiger partial charge in [-0.1, -0.05) is 65.8 Å². The molecular weight excluding hydrogens is 416 g/mol. The van der Waals surface area contributed by atoms with Gasteiger partial charge < -0.3 is 4.74 Å². The van der Waals surface area contributed by atoms with E-state index in [0.29, 0.717) is 6.61 Å². The number of aromatic nitrogens is 3. The summed E-state index contributed by atoms with van der Waals surface area (Å²) in [6.45, 7) is 0.484. The van der Waals surface area contributed by atoms with Crippen LogP contribution in [0.1, 0.15) is 11.1 Å². The van der Waals surface area contributed by atoms with E-state index in [9.17, 15) is 0 Å². The smallest absolute Gasteiger partial charge is 0.212 e. The highest BCUT2D eigenvalue weighted by Gasteiger charge is 2.20. The number of ether oxygens (including phenoxy) is 1. The number of halogens is 1. The van der Waals surface area contributed by atoms with E-state index in [1.54, 1.807) is 11.8 Å². The molecule has 1 aliphatic heterocycles. The number of hydrogen-bond donors (Lipinski definition) is 0. The largest absolute Gasteiger partial charge is 0.489 e. The number of thioether (sulfide) groups is 1. The average Bonchev–Trinajstić information content (AvgIpc) is 3.23. The van der Waals surface area contributed by atoms with Gasteiger partial charge in [0.05, 0.1) is 5.71 Å². The second-order valence-electron chi connectivity index (χ2n) is 6.76. The molecule has 3 aromatic carbocycles. The second kappa shape index (κ2) is 8.34. The third kappa shape index (κ3) is 3.97. The third-order valence-corrected chi connectivity index (χ3v) is 5.89. The third-order valence-electron chi connectivity index (χ3n) is 4.71. The van der Waals surface area contributed by atoms with Crippen LogP contribution in [0.15, 0.2) is 89.1 Å². The van der Waals surface area contributed by atoms with Crippen molar-refractivity contribution >= 4 is 29.1 Å². The zero-order chi connectivity index (χ0) is 20.3. The molecule has 1 aliphatic rings. The fraction of sp³-hybridized carbons (Fsp3) is 0.0870. The van der Waals surface area contributed by atoms with Gasteiger partial charge in [-0.05, 0) is 47.5 Å². The first-order valence-corrected chi connectivity index (χ1v) is 10.8. The van der Waals surface area contributed by atoms with Crippen molar-refractivity contribution in [2.24, 2.45) is 5.10 Å². The molecule has 1 aromatic heterocycles. The van der Waals surface area contributed by atoms with Crippen LogP contribution in [-0.2, 0) is 6.61 Å². The lowest BCUT2D eigenvalue weighted by molar-refractivity contribution is 0.306. The molecule has 30 heavy (non-hydrogen) atoms. The van der Waals surface area contributed by atoms with Crippen molar-refractivity contribution in [1.82, 2.24) is 14.9 Å². The molecule has 0 spiro atoms. The minimum atomic E-state index is 0.484. The van der Waals surface area contributed by atoms with Crippen molar-refractivity contribution in [2.45, 2.75) is 11.8 Å². The minimum absolute atomic E-state index is 0.484. The Morgan fingerprint density at radius 2 is 1.63 bits per heavy atom. The van der Waals surface area contributed by atoms with Gasteiger partial charge in [0, 0.05) is 16.3 Å². The van der Waals surface area contributed by atoms with Gasteiger partial charge in [-0.3, -0.25) is 0 Å². The van der Waals surface area contributed by atoms with Crippen molar-refractivity contribution < 1.29 is 4.74 Å². The number of nitrogens with zero attached hydrogens (tertiary/aromatic N) is 4. The second-order valence-corrected chi connectivity index (χ2v) is 8.14. The van der Waals surface area contributed by atoms with Gasteiger partial charge in [-0.15, -0.1) is 10.2 Å². The van der Waals surface area contributed by atoms with Crippen molar-refractivity contribution in [3.8, 4) is 17.1 Å². The Bertz CT molecular complexity index is 1190. The topological polar surface area (TPSA) is 52.3 Å². The molecule has 0 radical (unpaired) electrons. The van der Waals surface area contributed by atoms with E-state index in [2.05, 4.69) is 22.3 Å². The summed E-state index contributed by atoms with van der Waals surface area (Å²) < 4.78 is 7.69. The van der Waals surface area contributed by atoms with Crippen LogP contribution in [-0.4, -0.2) is 26.3 Å². The van der Waals surface area contributed by atoms with Crippen molar-refractivity contribution in [3.63, 3.8) is 0 Å². The van der Waals surface area contributed by atoms with E-state index in [1.165, 1.54) is 0 Å². The van der Waals surface area contributed by atoms with E-state index >= 15 is 0 Å². The Labute approximate surface area is 183 Å². The molecule has 2 heterocycles. The number of rotatable bonds is 5. The van der Waals surface area contributed by atoms with Gasteiger partial charge in [-0.25, -0.2) is 0 Å². The van der Waals surface area contributed by atoms with E-state index in [-0.39, 0.29) is 0 Å². The van der Waals surface area contributed by atoms with Crippen LogP contribution in [0.5, 0.6) is 5.75 Å². The summed E-state index contributed by atoms with van der Waals surface area (Å²) in [5.74, 6) is 2.28. The molecule has 0 fully saturated rings. The number of hydrogen-bond acceptors (Lipinski definition) is 5. The first-order valence-electron chi connectivity index (χ1n) is 9.45. The highest BCUT2D eigenvalue weighted by atomic mass is 35.5. The van der Waals surface area contributed by atoms with Gasteiger partial charge in [0.25, 0.3) is 0 Å². The van der Waals surface area contributed by atoms with Gasteiger partial charge in [0.2, 0.25) is 5.16 Å². The van der Waals surface area contributed by atoms with Gasteiger partial charge in [-0.2, -0.15) is 9.78 Å². The van der Waals surface area contributed by atoms with Gasteiger partial charge in [0.1, 0.15) is 12.4 Å². The van der Waals surface area contributed by atoms with Crippen molar-refractivity contribution in [1.29, 1.82) is 0 Å². The molecule has 0 bridgehead atoms. The summed E-state index contributed by atoms with van der Waals surface area (Å²) >= 11 is 7.57. The molecular formula is C23H17ClN4OS. The van der Waals surface area contributed by atoms with Crippen LogP contribution in [0.3, 0.4) is 0 Å². The summed E-state index contributed by atoms with van der Waals surface area (Å²) in [6.07, 6.45) is 0. The van der Waals surface area contributed by atoms with Crippen LogP contribution >= 0.6 is 23.4 Å². The fourth-order valence-corrected chi connectivity index (χ4v) is 4.09. The fourth-order valence-electron chi connectivity index (χ4n) is 3.13. The predicted octanol–water partition coefficient (Wildman–Crippen LogP) is 5.54. The highest BCUT2D eigenvalue weighted by molar-refractivity contribution is 7.99. The summed E-state index contributed by atoms with van der Waals surface area (Å²) in [4.78, 5) is 0. The normalized spacial score (nSPS) is 12.9. The summed E-state index contributed by atoms with van der Waals surface area (Å²) in [5.41, 5.74) is 4.12. The lowest BCUT2D eigenvalue weighted by Crippen LogP contribution is -2.13. The quantitative estimate of drug-likeness (QED) is 0.415. The predicted molar refractivity (Wildman–Crippen MR) is 120 cm³/mol. The first-order chi connectivity index (χ1) is 14.8. The standard InChI is InChI=1S/C23H17ClN4OS/c24-19-10-6-16(7-11-19)14-29-20-12-8-18(9-13-20)22-25-26-23-28(22)27-21(15-30-23)17-4-2-1-3-5-17/h1-13H,14-15H2. The first kappa shape index (κ1) is 18.9. The molecule has 148 valence electrons. The summed E-state index contributed by atoms with van der Waals surface area (Å²) in [6, 6.07) is 25.7. The maximum absolute atomic E-state index is 5.92. The Balaban J connectivity index is 1.35. The molecule has 7 heteroatoms. The lowest BCUT2D eigenvalue weighted by atomic mass is 10.1. The van der Waals surface area contributed by atoms with E-state index in [0.717, 1.165) is 49.9 Å². The van der Waals surface area contributed by atoms with Gasteiger partial charge >= 0.3 is 0 Å². The Morgan fingerprint density at radius 3 is 2.40 bits per heavy atom. The molecule has 0 aliphatic carbocycles. The molecule has 0 amide bonds. The van der Waals surface area contributed by atoms with E-state index in [1.807, 2.05) is 71.4 Å². The molecule has 0 saturated carbocycles. The lowest BCUT2D eigenvalue weighted by Gasteiger charge is -2.14. The average molecular weight is 433 g/mol. The van der Waals surface area contributed by atoms with Gasteiger partial charge in [0.15, 0.2) is 5.82 Å². The number of benzene rings is 3. The van der Waals surface area contributed by atoms with E-state index in [4.69, 9.17) is 21.4 Å². The Kier molecular flexibility index (Phi) is 5.26. The molecule has 5 rings (SSSR count). The Morgan fingerprint density at radius 1 is 0.867 bits per heavy atom. The Hall–Kier alpha value is -3.09. The molecule has 4 aromatic rings. The SMILES string of the molecule is Clc1ccc(COc2ccc(-c3nnc4n3N=C(c3ccccc3)CS4)cc2)cc1. The van der Waals surface area contributed by atoms with Crippen LogP contribution in [0, 0.1) is 0 Å². The molecule has 5 nitrogen and oxygen atoms in total. The van der Waals surface area contributed by atoms with E-state index < -0.39 is 0 Å². The monoisotopic (exact) mass is 432 g/mol. The van der Waals surface area contributed by atoms with Crippen molar-refractivity contribution in [3.05, 3.63) is 95.0 Å². The molecule has 0 saturated heterocycles. The number of fused-ring (bicyclic) bond motifs is 1. The zero-order valence-electron chi connectivity index (χ0n) is 15.9.